The molecule has 5 nitrogen and oxygen atoms in total. The molecule has 4 N–H and O–H groups in total. The number of fused-ring (bicyclic) bond motifs is 2. The molecular formula is C16H20F3N3O2. The first-order chi connectivity index (χ1) is 11.3. The lowest BCUT2D eigenvalue weighted by atomic mass is 9.67. The maximum atomic E-state index is 12.6. The van der Waals surface area contributed by atoms with E-state index in [1.807, 2.05) is 0 Å². The summed E-state index contributed by atoms with van der Waals surface area (Å²) in [6, 6.07) is 1.71. The molecule has 2 aliphatic carbocycles. The fraction of sp³-hybridized carbons (Fsp3) is 0.625. The third-order valence-electron chi connectivity index (χ3n) is 5.13. The summed E-state index contributed by atoms with van der Waals surface area (Å²) in [6.45, 7) is 0. The van der Waals surface area contributed by atoms with Gasteiger partial charge in [-0.2, -0.15) is 13.2 Å². The van der Waals surface area contributed by atoms with Crippen LogP contribution in [0.25, 0.3) is 0 Å². The minimum absolute atomic E-state index is 0.0623. The van der Waals surface area contributed by atoms with Crippen molar-refractivity contribution in [3.05, 3.63) is 33.7 Å². The number of pyridine rings is 1. The highest BCUT2D eigenvalue weighted by Gasteiger charge is 2.40. The van der Waals surface area contributed by atoms with Gasteiger partial charge in [-0.05, 0) is 49.7 Å². The van der Waals surface area contributed by atoms with Gasteiger partial charge >= 0.3 is 6.18 Å². The molecule has 2 unspecified atom stereocenters. The quantitative estimate of drug-likeness (QED) is 0.768. The number of aromatic nitrogens is 1. The minimum atomic E-state index is -4.65. The van der Waals surface area contributed by atoms with Crippen molar-refractivity contribution in [3.63, 3.8) is 0 Å². The topological polar surface area (TPSA) is 88.0 Å². The summed E-state index contributed by atoms with van der Waals surface area (Å²) >= 11 is 0. The highest BCUT2D eigenvalue weighted by atomic mass is 19.4. The third-order valence-corrected chi connectivity index (χ3v) is 5.13. The van der Waals surface area contributed by atoms with Crippen LogP contribution in [0, 0.1) is 11.8 Å². The molecule has 2 fully saturated rings. The number of carbonyl (C=O) groups is 1. The number of nitrogens with one attached hydrogen (secondary N) is 2. The van der Waals surface area contributed by atoms with Gasteiger partial charge in [-0.25, -0.2) is 0 Å². The Hall–Kier alpha value is -1.83. The first-order valence-corrected chi connectivity index (χ1v) is 8.12. The van der Waals surface area contributed by atoms with E-state index in [9.17, 15) is 22.8 Å². The normalized spacial score (nSPS) is 30.0. The summed E-state index contributed by atoms with van der Waals surface area (Å²) in [5.74, 6) is -0.0858. The second kappa shape index (κ2) is 6.23. The monoisotopic (exact) mass is 343 g/mol. The lowest BCUT2D eigenvalue weighted by Crippen LogP contribution is -2.54. The van der Waals surface area contributed by atoms with E-state index < -0.39 is 23.3 Å². The summed E-state index contributed by atoms with van der Waals surface area (Å²) in [5, 5.41) is 2.86. The molecule has 0 radical (unpaired) electrons. The molecule has 0 saturated heterocycles. The van der Waals surface area contributed by atoms with E-state index in [4.69, 9.17) is 5.73 Å². The summed E-state index contributed by atoms with van der Waals surface area (Å²) in [5.41, 5.74) is 3.55. The Morgan fingerprint density at radius 2 is 1.83 bits per heavy atom. The van der Waals surface area contributed by atoms with Crippen LogP contribution < -0.4 is 16.6 Å². The highest BCUT2D eigenvalue weighted by molar-refractivity contribution is 5.94. The van der Waals surface area contributed by atoms with Gasteiger partial charge in [0.2, 0.25) is 0 Å². The van der Waals surface area contributed by atoms with Crippen molar-refractivity contribution >= 4 is 5.91 Å². The van der Waals surface area contributed by atoms with Crippen molar-refractivity contribution in [2.45, 2.75) is 50.4 Å². The molecule has 1 aromatic heterocycles. The molecule has 132 valence electrons. The summed E-state index contributed by atoms with van der Waals surface area (Å²) in [6.07, 6.45) is 0.0344. The van der Waals surface area contributed by atoms with Gasteiger partial charge in [0.15, 0.2) is 0 Å². The van der Waals surface area contributed by atoms with E-state index in [0.717, 1.165) is 38.2 Å². The molecular weight excluding hydrogens is 323 g/mol. The van der Waals surface area contributed by atoms with E-state index in [1.165, 1.54) is 0 Å². The Balaban J connectivity index is 1.77. The molecule has 1 aromatic rings. The predicted molar refractivity (Wildman–Crippen MR) is 81.4 cm³/mol. The van der Waals surface area contributed by atoms with Crippen LogP contribution in [0.3, 0.4) is 0 Å². The number of amides is 1. The van der Waals surface area contributed by atoms with Gasteiger partial charge in [0.1, 0.15) is 11.3 Å². The van der Waals surface area contributed by atoms with Crippen LogP contribution in [0.2, 0.25) is 0 Å². The summed E-state index contributed by atoms with van der Waals surface area (Å²) in [4.78, 5) is 25.9. The Bertz CT molecular complexity index is 672. The second-order valence-corrected chi connectivity index (χ2v) is 6.79. The van der Waals surface area contributed by atoms with Crippen LogP contribution in [0.15, 0.2) is 16.9 Å². The lowest BCUT2D eigenvalue weighted by Gasteiger charge is -2.45. The van der Waals surface area contributed by atoms with Gasteiger partial charge < -0.3 is 16.0 Å². The van der Waals surface area contributed by atoms with Crippen molar-refractivity contribution in [1.82, 2.24) is 10.3 Å². The van der Waals surface area contributed by atoms with Gasteiger partial charge in [0, 0.05) is 12.1 Å². The van der Waals surface area contributed by atoms with E-state index in [0.29, 0.717) is 6.07 Å². The van der Waals surface area contributed by atoms with Crippen LogP contribution >= 0.6 is 0 Å². The van der Waals surface area contributed by atoms with Gasteiger partial charge in [-0.3, -0.25) is 9.59 Å². The summed E-state index contributed by atoms with van der Waals surface area (Å²) < 4.78 is 37.8. The van der Waals surface area contributed by atoms with Gasteiger partial charge in [-0.1, -0.05) is 6.42 Å². The maximum Gasteiger partial charge on any atom is 0.431 e. The van der Waals surface area contributed by atoms with Crippen molar-refractivity contribution in [2.24, 2.45) is 17.6 Å². The number of nitrogens with two attached hydrogens (primary N) is 1. The predicted octanol–water partition coefficient (Wildman–Crippen LogP) is 2.03. The zero-order chi connectivity index (χ0) is 17.5. The van der Waals surface area contributed by atoms with Gasteiger partial charge in [0.05, 0.1) is 0 Å². The fourth-order valence-corrected chi connectivity index (χ4v) is 4.07. The van der Waals surface area contributed by atoms with E-state index in [-0.39, 0.29) is 29.5 Å². The average Bonchev–Trinajstić information content (AvgIpc) is 2.47. The number of halogens is 3. The molecule has 2 aliphatic rings. The number of alkyl halides is 3. The molecule has 0 aromatic carbocycles. The first-order valence-electron chi connectivity index (χ1n) is 8.12. The van der Waals surface area contributed by atoms with Crippen LogP contribution in [0.5, 0.6) is 0 Å². The number of hydrogen-bond acceptors (Lipinski definition) is 3. The fourth-order valence-electron chi connectivity index (χ4n) is 4.07. The third kappa shape index (κ3) is 3.33. The zero-order valence-corrected chi connectivity index (χ0v) is 13.0. The largest absolute Gasteiger partial charge is 0.431 e. The Morgan fingerprint density at radius 3 is 2.38 bits per heavy atom. The first kappa shape index (κ1) is 17.0. The molecule has 2 atom stereocenters. The van der Waals surface area contributed by atoms with Crippen molar-refractivity contribution in [2.75, 3.05) is 0 Å². The van der Waals surface area contributed by atoms with E-state index >= 15 is 0 Å². The van der Waals surface area contributed by atoms with Crippen molar-refractivity contribution in [3.8, 4) is 0 Å². The molecule has 1 amide bonds. The lowest BCUT2D eigenvalue weighted by molar-refractivity contribution is -0.141. The molecule has 1 heterocycles. The number of carbonyl (C=O) groups excluding carboxylic acids is 1. The SMILES string of the molecule is NC1CC2CCCC(C1)C2NC(=O)c1ccc(C(F)(F)F)[nH]c1=O. The molecule has 24 heavy (non-hydrogen) atoms. The molecule has 2 saturated carbocycles. The van der Waals surface area contributed by atoms with Gasteiger partial charge in [0.25, 0.3) is 11.5 Å². The molecule has 2 bridgehead atoms. The Morgan fingerprint density at radius 1 is 1.21 bits per heavy atom. The van der Waals surface area contributed by atoms with Gasteiger partial charge in [-0.15, -0.1) is 0 Å². The van der Waals surface area contributed by atoms with E-state index in [1.54, 1.807) is 4.98 Å². The zero-order valence-electron chi connectivity index (χ0n) is 13.0. The molecule has 0 aliphatic heterocycles. The van der Waals surface area contributed by atoms with Crippen LogP contribution in [-0.4, -0.2) is 23.0 Å². The molecule has 3 rings (SSSR count). The second-order valence-electron chi connectivity index (χ2n) is 6.79. The molecule has 8 heteroatoms. The number of H-pyrrole nitrogens is 1. The number of aromatic amines is 1. The minimum Gasteiger partial charge on any atom is -0.349 e. The highest BCUT2D eigenvalue weighted by Crippen LogP contribution is 2.39. The Labute approximate surface area is 136 Å². The smallest absolute Gasteiger partial charge is 0.349 e. The number of hydrogen-bond donors (Lipinski definition) is 3. The molecule has 0 spiro atoms. The van der Waals surface area contributed by atoms with Crippen molar-refractivity contribution in [1.29, 1.82) is 0 Å². The van der Waals surface area contributed by atoms with Crippen LogP contribution in [-0.2, 0) is 6.18 Å². The number of rotatable bonds is 2. The van der Waals surface area contributed by atoms with Crippen LogP contribution in [0.4, 0.5) is 13.2 Å². The maximum absolute atomic E-state index is 12.6. The van der Waals surface area contributed by atoms with Crippen LogP contribution in [0.1, 0.15) is 48.2 Å². The summed E-state index contributed by atoms with van der Waals surface area (Å²) in [7, 11) is 0. The Kier molecular flexibility index (Phi) is 4.42. The van der Waals surface area contributed by atoms with E-state index in [2.05, 4.69) is 5.32 Å². The average molecular weight is 343 g/mol. The van der Waals surface area contributed by atoms with Crippen molar-refractivity contribution < 1.29 is 18.0 Å². The standard InChI is InChI=1S/C16H20F3N3O2/c17-16(18,19)12-5-4-11(14(23)21-12)15(24)22-13-8-2-1-3-9(13)7-10(20)6-8/h4-5,8-10,13H,1-3,6-7,20H2,(H,21,23)(H,22,24).